The molecule has 0 aliphatic heterocycles. The Labute approximate surface area is 121 Å². The van der Waals surface area contributed by atoms with Gasteiger partial charge < -0.3 is 4.98 Å². The van der Waals surface area contributed by atoms with Crippen molar-refractivity contribution in [3.8, 4) is 0 Å². The van der Waals surface area contributed by atoms with Crippen LogP contribution in [0.5, 0.6) is 0 Å². The minimum Gasteiger partial charge on any atom is -0.332 e. The Hall–Kier alpha value is -1.24. The van der Waals surface area contributed by atoms with Gasteiger partial charge in [0.05, 0.1) is 11.9 Å². The van der Waals surface area contributed by atoms with E-state index in [9.17, 15) is 8.42 Å². The van der Waals surface area contributed by atoms with Gasteiger partial charge in [-0.05, 0) is 18.2 Å². The molecule has 8 heteroatoms. The number of aromatic nitrogens is 2. The maximum absolute atomic E-state index is 12.1. The molecule has 0 saturated carbocycles. The molecule has 1 heterocycles. The molecule has 19 heavy (non-hydrogen) atoms. The van der Waals surface area contributed by atoms with E-state index >= 15 is 0 Å². The number of sulfonamides is 1. The molecule has 0 aliphatic carbocycles. The summed E-state index contributed by atoms with van der Waals surface area (Å²) in [6, 6.07) is 4.47. The van der Waals surface area contributed by atoms with Crippen LogP contribution in [0.25, 0.3) is 0 Å². The number of rotatable bonds is 4. The normalized spacial score (nSPS) is 11.5. The molecule has 102 valence electrons. The average molecular weight is 320 g/mol. The van der Waals surface area contributed by atoms with Crippen LogP contribution in [-0.2, 0) is 16.4 Å². The van der Waals surface area contributed by atoms with Crippen LogP contribution >= 0.6 is 23.2 Å². The van der Waals surface area contributed by atoms with Crippen molar-refractivity contribution in [2.24, 2.45) is 0 Å². The Morgan fingerprint density at radius 3 is 2.42 bits per heavy atom. The number of halogens is 2. The number of H-pyrrole nitrogens is 1. The number of anilines is 1. The fourth-order valence-corrected chi connectivity index (χ4v) is 2.99. The molecule has 0 atom stereocenters. The number of hydrogen-bond donors (Lipinski definition) is 2. The van der Waals surface area contributed by atoms with Gasteiger partial charge in [-0.15, -0.1) is 0 Å². The molecule has 0 spiro atoms. The van der Waals surface area contributed by atoms with Crippen LogP contribution in [0.3, 0.4) is 0 Å². The molecule has 5 nitrogen and oxygen atoms in total. The Bertz CT molecular complexity index is 677. The maximum atomic E-state index is 12.1. The van der Waals surface area contributed by atoms with Gasteiger partial charge in [-0.1, -0.05) is 30.1 Å². The van der Waals surface area contributed by atoms with E-state index in [1.807, 2.05) is 6.92 Å². The van der Waals surface area contributed by atoms with Crippen molar-refractivity contribution in [3.05, 3.63) is 40.3 Å². The van der Waals surface area contributed by atoms with Crippen molar-refractivity contribution in [2.45, 2.75) is 18.4 Å². The molecule has 0 unspecified atom stereocenters. The highest BCUT2D eigenvalue weighted by Crippen LogP contribution is 2.24. The fourth-order valence-electron chi connectivity index (χ4n) is 1.48. The highest BCUT2D eigenvalue weighted by Gasteiger charge is 2.17. The quantitative estimate of drug-likeness (QED) is 0.909. The molecule has 1 aromatic carbocycles. The molecule has 0 aliphatic rings. The number of aromatic amines is 1. The summed E-state index contributed by atoms with van der Waals surface area (Å²) in [5, 5.41) is 0.702. The summed E-state index contributed by atoms with van der Waals surface area (Å²) in [6.45, 7) is 1.87. The van der Waals surface area contributed by atoms with Gasteiger partial charge in [-0.3, -0.25) is 4.72 Å². The van der Waals surface area contributed by atoms with Gasteiger partial charge in [-0.2, -0.15) is 8.42 Å². The van der Waals surface area contributed by atoms with Crippen molar-refractivity contribution in [1.29, 1.82) is 0 Å². The Morgan fingerprint density at radius 1 is 1.26 bits per heavy atom. The largest absolute Gasteiger partial charge is 0.332 e. The van der Waals surface area contributed by atoms with E-state index in [4.69, 9.17) is 23.2 Å². The summed E-state index contributed by atoms with van der Waals surface area (Å²) in [5.41, 5.74) is 0.296. The van der Waals surface area contributed by atoms with Gasteiger partial charge in [0.15, 0.2) is 5.03 Å². The highest BCUT2D eigenvalue weighted by atomic mass is 35.5. The average Bonchev–Trinajstić information content (AvgIpc) is 2.75. The van der Waals surface area contributed by atoms with E-state index in [1.54, 1.807) is 0 Å². The van der Waals surface area contributed by atoms with Crippen LogP contribution in [0.15, 0.2) is 29.4 Å². The van der Waals surface area contributed by atoms with Crippen LogP contribution in [0.4, 0.5) is 5.69 Å². The third-order valence-electron chi connectivity index (χ3n) is 2.34. The molecule has 2 N–H and O–H groups in total. The first-order valence-corrected chi connectivity index (χ1v) is 7.67. The minimum absolute atomic E-state index is 0.000415. The Balaban J connectivity index is 2.30. The van der Waals surface area contributed by atoms with E-state index in [-0.39, 0.29) is 5.03 Å². The molecular formula is C11H11Cl2N3O2S. The standard InChI is InChI=1S/C11H11Cl2N3O2S/c1-2-10-14-6-11(15-10)19(17,18)16-9-4-7(12)3-8(13)5-9/h3-6,16H,2H2,1H3,(H,14,15). The van der Waals surface area contributed by atoms with Crippen LogP contribution in [0.2, 0.25) is 10.0 Å². The van der Waals surface area contributed by atoms with Gasteiger partial charge in [0, 0.05) is 16.5 Å². The lowest BCUT2D eigenvalue weighted by Gasteiger charge is -2.07. The highest BCUT2D eigenvalue weighted by molar-refractivity contribution is 7.92. The van der Waals surface area contributed by atoms with E-state index in [2.05, 4.69) is 14.7 Å². The van der Waals surface area contributed by atoms with E-state index < -0.39 is 10.0 Å². The SMILES string of the molecule is CCc1ncc(S(=O)(=O)Nc2cc(Cl)cc(Cl)c2)[nH]1. The van der Waals surface area contributed by atoms with Gasteiger partial charge in [-0.25, -0.2) is 4.98 Å². The zero-order valence-corrected chi connectivity index (χ0v) is 12.3. The van der Waals surface area contributed by atoms with Gasteiger partial charge in [0.2, 0.25) is 0 Å². The molecule has 0 fully saturated rings. The number of nitrogens with one attached hydrogen (secondary N) is 2. The predicted octanol–water partition coefficient (Wildman–Crippen LogP) is 3.08. The van der Waals surface area contributed by atoms with Crippen LogP contribution in [0.1, 0.15) is 12.7 Å². The Kier molecular flexibility index (Phi) is 4.03. The van der Waals surface area contributed by atoms with E-state index in [0.29, 0.717) is 28.0 Å². The molecule has 0 radical (unpaired) electrons. The van der Waals surface area contributed by atoms with Crippen molar-refractivity contribution >= 4 is 38.9 Å². The molecule has 0 saturated heterocycles. The van der Waals surface area contributed by atoms with Crippen molar-refractivity contribution in [3.63, 3.8) is 0 Å². The third-order valence-corrected chi connectivity index (χ3v) is 4.07. The number of aryl methyl sites for hydroxylation is 1. The Morgan fingerprint density at radius 2 is 1.89 bits per heavy atom. The van der Waals surface area contributed by atoms with E-state index in [1.165, 1.54) is 24.4 Å². The zero-order valence-electron chi connectivity index (χ0n) is 9.94. The summed E-state index contributed by atoms with van der Waals surface area (Å²) < 4.78 is 26.6. The molecule has 1 aromatic heterocycles. The van der Waals surface area contributed by atoms with Crippen LogP contribution in [-0.4, -0.2) is 18.4 Å². The van der Waals surface area contributed by atoms with Gasteiger partial charge in [0.1, 0.15) is 5.82 Å². The summed E-state index contributed by atoms with van der Waals surface area (Å²) in [6.07, 6.45) is 1.89. The topological polar surface area (TPSA) is 74.8 Å². The number of nitrogens with zero attached hydrogens (tertiary/aromatic N) is 1. The third kappa shape index (κ3) is 3.40. The summed E-state index contributed by atoms with van der Waals surface area (Å²) >= 11 is 11.6. The summed E-state index contributed by atoms with van der Waals surface area (Å²) in [7, 11) is -3.72. The lowest BCUT2D eigenvalue weighted by Crippen LogP contribution is -2.13. The van der Waals surface area contributed by atoms with Crippen molar-refractivity contribution in [2.75, 3.05) is 4.72 Å². The van der Waals surface area contributed by atoms with Crippen LogP contribution in [0, 0.1) is 0 Å². The van der Waals surface area contributed by atoms with Crippen molar-refractivity contribution in [1.82, 2.24) is 9.97 Å². The smallest absolute Gasteiger partial charge is 0.278 e. The maximum Gasteiger partial charge on any atom is 0.278 e. The van der Waals surface area contributed by atoms with Gasteiger partial charge in [0.25, 0.3) is 10.0 Å². The summed E-state index contributed by atoms with van der Waals surface area (Å²) in [5.74, 6) is 0.601. The second kappa shape index (κ2) is 5.40. The molecule has 2 aromatic rings. The lowest BCUT2D eigenvalue weighted by atomic mass is 10.3. The lowest BCUT2D eigenvalue weighted by molar-refractivity contribution is 0.598. The predicted molar refractivity (Wildman–Crippen MR) is 75.2 cm³/mol. The molecule has 0 bridgehead atoms. The number of imidazole rings is 1. The first kappa shape index (κ1) is 14.2. The van der Waals surface area contributed by atoms with E-state index in [0.717, 1.165) is 0 Å². The first-order chi connectivity index (χ1) is 8.90. The molecule has 2 rings (SSSR count). The number of benzene rings is 1. The second-order valence-corrected chi connectivity index (χ2v) is 6.34. The summed E-state index contributed by atoms with van der Waals surface area (Å²) in [4.78, 5) is 6.68. The van der Waals surface area contributed by atoms with Gasteiger partial charge >= 0.3 is 0 Å². The minimum atomic E-state index is -3.72. The first-order valence-electron chi connectivity index (χ1n) is 5.43. The molecular weight excluding hydrogens is 309 g/mol. The monoisotopic (exact) mass is 319 g/mol. The van der Waals surface area contributed by atoms with Crippen LogP contribution < -0.4 is 4.72 Å². The number of hydrogen-bond acceptors (Lipinski definition) is 3. The fraction of sp³-hybridized carbons (Fsp3) is 0.182. The zero-order chi connectivity index (χ0) is 14.0. The second-order valence-electron chi connectivity index (χ2n) is 3.81. The van der Waals surface area contributed by atoms with Crippen molar-refractivity contribution < 1.29 is 8.42 Å². The molecule has 0 amide bonds.